The third-order valence-electron chi connectivity index (χ3n) is 4.44. The van der Waals surface area contributed by atoms with Crippen molar-refractivity contribution in [3.05, 3.63) is 81.1 Å². The highest BCUT2D eigenvalue weighted by Gasteiger charge is 2.31. The number of carbonyl (C=O) groups excluding carboxylic acids is 2. The van der Waals surface area contributed by atoms with Crippen molar-refractivity contribution in [2.45, 2.75) is 4.90 Å². The molecular weight excluding hydrogens is 432 g/mol. The topological polar surface area (TPSA) is 140 Å². The first-order chi connectivity index (χ1) is 14.2. The second-order valence-electron chi connectivity index (χ2n) is 6.38. The number of fused-ring (bicyclic) bond motifs is 1. The molecule has 0 bridgehead atoms. The molecule has 3 aromatic rings. The molecule has 2 amide bonds. The predicted octanol–water partition coefficient (Wildman–Crippen LogP) is 1.76. The van der Waals surface area contributed by atoms with Gasteiger partial charge in [-0.2, -0.15) is 0 Å². The average molecular weight is 445 g/mol. The summed E-state index contributed by atoms with van der Waals surface area (Å²) in [5.41, 5.74) is 5.66. The number of carbonyl (C=O) groups is 2. The summed E-state index contributed by atoms with van der Waals surface area (Å²) >= 11 is 5.87. The lowest BCUT2D eigenvalue weighted by molar-refractivity contribution is 0.0880. The molecule has 4 rings (SSSR count). The number of rotatable bonds is 4. The number of hydrogen-bond donors (Lipinski definition) is 3. The Balaban J connectivity index is 1.71. The van der Waals surface area contributed by atoms with Gasteiger partial charge in [-0.3, -0.25) is 29.0 Å². The van der Waals surface area contributed by atoms with Crippen molar-refractivity contribution in [3.63, 3.8) is 0 Å². The largest absolute Gasteiger partial charge is 0.384 e. The van der Waals surface area contributed by atoms with Crippen molar-refractivity contribution in [1.82, 2.24) is 9.88 Å². The molecule has 2 heterocycles. The van der Waals surface area contributed by atoms with E-state index < -0.39 is 27.4 Å². The number of amides is 2. The highest BCUT2D eigenvalue weighted by atomic mass is 35.5. The smallest absolute Gasteiger partial charge is 0.262 e. The third-order valence-corrected chi connectivity index (χ3v) is 6.07. The van der Waals surface area contributed by atoms with Gasteiger partial charge in [0.25, 0.3) is 27.4 Å². The quantitative estimate of drug-likeness (QED) is 0.524. The number of anilines is 2. The van der Waals surface area contributed by atoms with Gasteiger partial charge in [0, 0.05) is 11.1 Å². The van der Waals surface area contributed by atoms with Gasteiger partial charge >= 0.3 is 0 Å². The maximum absolute atomic E-state index is 12.6. The second kappa shape index (κ2) is 7.01. The number of hydrogen-bond acceptors (Lipinski definition) is 6. The molecule has 0 atom stereocenters. The summed E-state index contributed by atoms with van der Waals surface area (Å²) in [6, 6.07) is 12.5. The van der Waals surface area contributed by atoms with Crippen LogP contribution < -0.4 is 21.3 Å². The Morgan fingerprint density at radius 1 is 0.967 bits per heavy atom. The summed E-state index contributed by atoms with van der Waals surface area (Å²) in [6.07, 6.45) is 0. The molecular formula is C19H13ClN4O5S. The average Bonchev–Trinajstić information content (AvgIpc) is 2.95. The van der Waals surface area contributed by atoms with E-state index >= 15 is 0 Å². The van der Waals surface area contributed by atoms with Crippen LogP contribution in [0.25, 0.3) is 5.69 Å². The summed E-state index contributed by atoms with van der Waals surface area (Å²) < 4.78 is 28.6. The van der Waals surface area contributed by atoms with E-state index in [0.29, 0.717) is 10.7 Å². The van der Waals surface area contributed by atoms with E-state index in [1.54, 1.807) is 18.2 Å². The Morgan fingerprint density at radius 3 is 2.33 bits per heavy atom. The van der Waals surface area contributed by atoms with Gasteiger partial charge < -0.3 is 5.73 Å². The molecule has 1 aliphatic rings. The van der Waals surface area contributed by atoms with Gasteiger partial charge in [0.15, 0.2) is 0 Å². The number of imide groups is 1. The van der Waals surface area contributed by atoms with Crippen LogP contribution in [0.2, 0.25) is 5.02 Å². The number of nitrogen functional groups attached to an aromatic ring is 1. The summed E-state index contributed by atoms with van der Waals surface area (Å²) in [4.78, 5) is 36.1. The van der Waals surface area contributed by atoms with Crippen molar-refractivity contribution in [2.75, 3.05) is 10.5 Å². The van der Waals surface area contributed by atoms with Crippen LogP contribution in [0.4, 0.5) is 11.5 Å². The van der Waals surface area contributed by atoms with Crippen molar-refractivity contribution >= 4 is 44.9 Å². The van der Waals surface area contributed by atoms with E-state index in [2.05, 4.69) is 10.0 Å². The van der Waals surface area contributed by atoms with Crippen molar-refractivity contribution in [2.24, 2.45) is 0 Å². The number of aromatic nitrogens is 1. The molecule has 9 nitrogen and oxygen atoms in total. The van der Waals surface area contributed by atoms with Gasteiger partial charge in [-0.15, -0.1) is 0 Å². The van der Waals surface area contributed by atoms with Crippen LogP contribution >= 0.6 is 11.6 Å². The molecule has 0 aliphatic carbocycles. The Bertz CT molecular complexity index is 1380. The molecule has 1 aromatic heterocycles. The third kappa shape index (κ3) is 3.31. The minimum atomic E-state index is -3.91. The van der Waals surface area contributed by atoms with Crippen LogP contribution in [-0.4, -0.2) is 24.8 Å². The molecule has 0 unspecified atom stereocenters. The molecule has 0 saturated heterocycles. The first-order valence-electron chi connectivity index (χ1n) is 8.47. The molecule has 11 heteroatoms. The molecule has 0 fully saturated rings. The number of nitrogens with one attached hydrogen (secondary N) is 2. The fourth-order valence-corrected chi connectivity index (χ4v) is 4.33. The molecule has 0 spiro atoms. The molecule has 0 radical (unpaired) electrons. The molecule has 0 saturated carbocycles. The second-order valence-corrected chi connectivity index (χ2v) is 8.50. The molecule has 1 aliphatic heterocycles. The number of nitrogens with zero attached hydrogens (tertiary/aromatic N) is 1. The Morgan fingerprint density at radius 2 is 1.67 bits per heavy atom. The normalized spacial score (nSPS) is 13.1. The fourth-order valence-electron chi connectivity index (χ4n) is 3.09. The number of halogens is 1. The summed E-state index contributed by atoms with van der Waals surface area (Å²) in [5, 5.41) is 2.45. The van der Waals surface area contributed by atoms with Crippen LogP contribution in [0.3, 0.4) is 0 Å². The highest BCUT2D eigenvalue weighted by molar-refractivity contribution is 7.92. The summed E-state index contributed by atoms with van der Waals surface area (Å²) in [6.45, 7) is 0. The zero-order chi connectivity index (χ0) is 21.6. The first-order valence-corrected chi connectivity index (χ1v) is 10.3. The van der Waals surface area contributed by atoms with E-state index in [4.69, 9.17) is 17.3 Å². The summed E-state index contributed by atoms with van der Waals surface area (Å²) in [7, 11) is -3.91. The Labute approximate surface area is 175 Å². The van der Waals surface area contributed by atoms with E-state index in [0.717, 1.165) is 10.6 Å². The predicted molar refractivity (Wildman–Crippen MR) is 111 cm³/mol. The monoisotopic (exact) mass is 444 g/mol. The lowest BCUT2D eigenvalue weighted by Crippen LogP contribution is -2.24. The lowest BCUT2D eigenvalue weighted by atomic mass is 10.1. The maximum atomic E-state index is 12.6. The number of benzene rings is 2. The van der Waals surface area contributed by atoms with Crippen molar-refractivity contribution in [3.8, 4) is 5.69 Å². The number of sulfonamides is 1. The van der Waals surface area contributed by atoms with E-state index in [-0.39, 0.29) is 27.5 Å². The van der Waals surface area contributed by atoms with Crippen LogP contribution in [0.15, 0.2) is 64.3 Å². The standard InChI is InChI=1S/C19H13ClN4O5S/c20-10-2-1-3-11(8-10)23-30(28,29)13-6-4-12(5-7-13)24-15(25)9-14-16(17(24)21)19(27)22-18(14)26/h1-9,23H,21H2,(H,22,26,27). The molecule has 152 valence electrons. The summed E-state index contributed by atoms with van der Waals surface area (Å²) in [5.74, 6) is -1.61. The van der Waals surface area contributed by atoms with Gasteiger partial charge in [-0.1, -0.05) is 17.7 Å². The van der Waals surface area contributed by atoms with Crippen molar-refractivity contribution < 1.29 is 18.0 Å². The Hall–Kier alpha value is -3.63. The van der Waals surface area contributed by atoms with Gasteiger partial charge in [0.1, 0.15) is 5.82 Å². The van der Waals surface area contributed by atoms with E-state index in [9.17, 15) is 22.8 Å². The van der Waals surface area contributed by atoms with Crippen LogP contribution in [0.1, 0.15) is 20.7 Å². The van der Waals surface area contributed by atoms with Crippen LogP contribution in [0.5, 0.6) is 0 Å². The number of nitrogens with two attached hydrogens (primary N) is 1. The van der Waals surface area contributed by atoms with Gasteiger partial charge in [0.2, 0.25) is 0 Å². The fraction of sp³-hybridized carbons (Fsp3) is 0. The first kappa shape index (κ1) is 19.7. The zero-order valence-electron chi connectivity index (χ0n) is 15.0. The molecule has 2 aromatic carbocycles. The van der Waals surface area contributed by atoms with Crippen LogP contribution in [-0.2, 0) is 10.0 Å². The molecule has 4 N–H and O–H groups in total. The van der Waals surface area contributed by atoms with E-state index in [1.807, 2.05) is 0 Å². The van der Waals surface area contributed by atoms with Crippen molar-refractivity contribution in [1.29, 1.82) is 0 Å². The minimum Gasteiger partial charge on any atom is -0.384 e. The van der Waals surface area contributed by atoms with Gasteiger partial charge in [-0.05, 0) is 42.5 Å². The zero-order valence-corrected chi connectivity index (χ0v) is 16.6. The van der Waals surface area contributed by atoms with Crippen LogP contribution in [0, 0.1) is 0 Å². The Kier molecular flexibility index (Phi) is 4.60. The SMILES string of the molecule is Nc1c2c(cc(=O)n1-c1ccc(S(=O)(=O)Nc3cccc(Cl)c3)cc1)C(=O)NC2=O. The number of pyridine rings is 1. The maximum Gasteiger partial charge on any atom is 0.262 e. The minimum absolute atomic E-state index is 0.0630. The van der Waals surface area contributed by atoms with Gasteiger partial charge in [-0.25, -0.2) is 8.42 Å². The molecule has 30 heavy (non-hydrogen) atoms. The lowest BCUT2D eigenvalue weighted by Gasteiger charge is -2.13. The van der Waals surface area contributed by atoms with Gasteiger partial charge in [0.05, 0.1) is 27.4 Å². The highest BCUT2D eigenvalue weighted by Crippen LogP contribution is 2.24. The van der Waals surface area contributed by atoms with E-state index in [1.165, 1.54) is 30.3 Å².